The van der Waals surface area contributed by atoms with Crippen LogP contribution >= 0.6 is 0 Å². The molecule has 1 heterocycles. The van der Waals surface area contributed by atoms with Gasteiger partial charge in [-0.15, -0.1) is 0 Å². The van der Waals surface area contributed by atoms with Crippen LogP contribution in [0.5, 0.6) is 0 Å². The van der Waals surface area contributed by atoms with Crippen LogP contribution in [0.1, 0.15) is 64.5 Å². The maximum Gasteiger partial charge on any atom is 0.276 e. The number of amides is 1. The summed E-state index contributed by atoms with van der Waals surface area (Å²) < 4.78 is 7.60. The molecule has 0 saturated carbocycles. The van der Waals surface area contributed by atoms with E-state index in [-0.39, 0.29) is 5.91 Å². The molecule has 1 aromatic heterocycles. The molecule has 0 aliphatic heterocycles. The predicted molar refractivity (Wildman–Crippen MR) is 133 cm³/mol. The maximum absolute atomic E-state index is 12.5. The number of allylic oxidation sites excluding steroid dienone is 4. The second-order valence-corrected chi connectivity index (χ2v) is 5.92. The van der Waals surface area contributed by atoms with Gasteiger partial charge in [-0.25, -0.2) is 0 Å². The van der Waals surface area contributed by atoms with E-state index in [1.807, 2.05) is 84.9 Å². The molecule has 0 aliphatic rings. The van der Waals surface area contributed by atoms with E-state index in [0.717, 1.165) is 5.57 Å². The van der Waals surface area contributed by atoms with Crippen molar-refractivity contribution < 1.29 is 9.53 Å². The Labute approximate surface area is 187 Å². The van der Waals surface area contributed by atoms with Gasteiger partial charge in [-0.1, -0.05) is 65.1 Å². The lowest BCUT2D eigenvalue weighted by molar-refractivity contribution is 0.102. The van der Waals surface area contributed by atoms with Crippen LogP contribution in [-0.4, -0.2) is 15.7 Å². The molecule has 1 N–H and O–H groups in total. The number of anilines is 1. The van der Waals surface area contributed by atoms with Crippen molar-refractivity contribution in [1.82, 2.24) is 9.78 Å². The fourth-order valence-corrected chi connectivity index (χ4v) is 2.32. The van der Waals surface area contributed by atoms with Crippen molar-refractivity contribution in [3.05, 3.63) is 90.5 Å². The van der Waals surface area contributed by atoms with Gasteiger partial charge in [0, 0.05) is 18.3 Å². The number of benzene rings is 1. The first-order valence-electron chi connectivity index (χ1n) is 10.8. The number of carbonyl (C=O) groups excluding carboxylic acids is 1. The number of nitrogens with one attached hydrogen (secondary N) is 1. The third kappa shape index (κ3) is 8.91. The number of hydrogen-bond acceptors (Lipinski definition) is 3. The highest BCUT2D eigenvalue weighted by atomic mass is 16.5. The number of carbonyl (C=O) groups is 1. The Morgan fingerprint density at radius 1 is 1.16 bits per heavy atom. The molecule has 2 rings (SSSR count). The van der Waals surface area contributed by atoms with Gasteiger partial charge >= 0.3 is 0 Å². The van der Waals surface area contributed by atoms with Gasteiger partial charge in [-0.2, -0.15) is 5.10 Å². The van der Waals surface area contributed by atoms with Gasteiger partial charge in [0.15, 0.2) is 5.69 Å². The number of aromatic nitrogens is 2. The summed E-state index contributed by atoms with van der Waals surface area (Å²) in [5.41, 5.74) is 2.42. The van der Waals surface area contributed by atoms with E-state index in [9.17, 15) is 4.79 Å². The average molecular weight is 424 g/mol. The molecule has 0 bridgehead atoms. The summed E-state index contributed by atoms with van der Waals surface area (Å²) in [6.07, 6.45) is 7.37. The highest BCUT2D eigenvalue weighted by Gasteiger charge is 2.14. The van der Waals surface area contributed by atoms with Crippen LogP contribution in [0.4, 0.5) is 5.69 Å². The second-order valence-electron chi connectivity index (χ2n) is 5.92. The van der Waals surface area contributed by atoms with Crippen molar-refractivity contribution in [2.24, 2.45) is 0 Å². The van der Waals surface area contributed by atoms with Crippen molar-refractivity contribution in [2.75, 3.05) is 5.32 Å². The molecule has 2 aromatic rings. The molecule has 5 nitrogen and oxygen atoms in total. The summed E-state index contributed by atoms with van der Waals surface area (Å²) in [6.45, 7) is 22.4. The lowest BCUT2D eigenvalue weighted by atomic mass is 10.1. The Hall–Kier alpha value is -3.34. The molecule has 0 radical (unpaired) electrons. The molecule has 0 unspecified atom stereocenters. The fraction of sp³-hybridized carbons (Fsp3) is 0.308. The topological polar surface area (TPSA) is 56.1 Å². The van der Waals surface area contributed by atoms with Gasteiger partial charge in [0.05, 0.1) is 5.69 Å². The molecule has 0 spiro atoms. The lowest BCUT2D eigenvalue weighted by Crippen LogP contribution is -2.14. The molecule has 31 heavy (non-hydrogen) atoms. The summed E-state index contributed by atoms with van der Waals surface area (Å²) in [5, 5.41) is 7.11. The van der Waals surface area contributed by atoms with Crippen LogP contribution in [-0.2, 0) is 11.3 Å². The second kappa shape index (κ2) is 15.5. The Bertz CT molecular complexity index is 905. The van der Waals surface area contributed by atoms with E-state index < -0.39 is 0 Å². The van der Waals surface area contributed by atoms with Gasteiger partial charge in [0.25, 0.3) is 5.91 Å². The van der Waals surface area contributed by atoms with E-state index in [1.54, 1.807) is 23.0 Å². The monoisotopic (exact) mass is 423 g/mol. The summed E-state index contributed by atoms with van der Waals surface area (Å²) >= 11 is 0. The first kappa shape index (κ1) is 27.7. The average Bonchev–Trinajstić information content (AvgIpc) is 3.29. The zero-order chi connectivity index (χ0) is 23.8. The zero-order valence-corrected chi connectivity index (χ0v) is 20.0. The van der Waals surface area contributed by atoms with E-state index in [4.69, 9.17) is 4.74 Å². The third-order valence-electron chi connectivity index (χ3n) is 3.77. The lowest BCUT2D eigenvalue weighted by Gasteiger charge is -2.15. The van der Waals surface area contributed by atoms with E-state index in [0.29, 0.717) is 35.0 Å². The predicted octanol–water partition coefficient (Wildman–Crippen LogP) is 7.23. The smallest absolute Gasteiger partial charge is 0.276 e. The molecule has 1 amide bonds. The van der Waals surface area contributed by atoms with Crippen molar-refractivity contribution in [2.45, 2.75) is 55.0 Å². The summed E-state index contributed by atoms with van der Waals surface area (Å²) in [5.74, 6) is 0.747. The zero-order valence-electron chi connectivity index (χ0n) is 20.0. The van der Waals surface area contributed by atoms with Crippen LogP contribution in [0.2, 0.25) is 0 Å². The third-order valence-corrected chi connectivity index (χ3v) is 3.77. The molecule has 0 fully saturated rings. The molecule has 5 heteroatoms. The molecule has 0 aliphatic carbocycles. The maximum atomic E-state index is 12.5. The quantitative estimate of drug-likeness (QED) is 0.360. The molecule has 168 valence electrons. The van der Waals surface area contributed by atoms with Crippen molar-refractivity contribution in [3.63, 3.8) is 0 Å². The van der Waals surface area contributed by atoms with E-state index in [1.165, 1.54) is 0 Å². The standard InChI is InChI=1S/C22H25N3O2.2C2H6/c1-6-8-13-21(16(3)4)27-17(5)18-11-9-10-12-19(18)23-22(26)20-14-15-25(7-2)24-20;2*1-2/h6,8-15H,3,5,7H2,1-2,4H3,(H,23,26);2*1-2H3/b8-6-,21-13+;;. The minimum Gasteiger partial charge on any atom is -0.457 e. The number of rotatable bonds is 8. The van der Waals surface area contributed by atoms with Gasteiger partial charge in [0.2, 0.25) is 0 Å². The highest BCUT2D eigenvalue weighted by Crippen LogP contribution is 2.27. The van der Waals surface area contributed by atoms with E-state index >= 15 is 0 Å². The molecular weight excluding hydrogens is 386 g/mol. The minimum atomic E-state index is -0.285. The van der Waals surface area contributed by atoms with Crippen LogP contribution in [0.15, 0.2) is 79.2 Å². The van der Waals surface area contributed by atoms with Crippen molar-refractivity contribution in [1.29, 1.82) is 0 Å². The summed E-state index contributed by atoms with van der Waals surface area (Å²) in [6, 6.07) is 9.03. The summed E-state index contributed by atoms with van der Waals surface area (Å²) in [4.78, 5) is 12.5. The first-order valence-corrected chi connectivity index (χ1v) is 10.8. The van der Waals surface area contributed by atoms with Crippen molar-refractivity contribution in [3.8, 4) is 0 Å². The Balaban J connectivity index is 0.00000212. The highest BCUT2D eigenvalue weighted by molar-refractivity contribution is 6.04. The Kier molecular flexibility index (Phi) is 13.8. The van der Waals surface area contributed by atoms with Gasteiger partial charge in [0.1, 0.15) is 11.5 Å². The Morgan fingerprint density at radius 3 is 2.35 bits per heavy atom. The summed E-state index contributed by atoms with van der Waals surface area (Å²) in [7, 11) is 0. The normalized spacial score (nSPS) is 10.4. The van der Waals surface area contributed by atoms with Gasteiger partial charge in [-0.05, 0) is 50.6 Å². The molecule has 0 saturated heterocycles. The van der Waals surface area contributed by atoms with Gasteiger partial charge in [-0.3, -0.25) is 9.48 Å². The first-order chi connectivity index (χ1) is 15.0. The van der Waals surface area contributed by atoms with E-state index in [2.05, 4.69) is 23.6 Å². The number of ether oxygens (including phenoxy) is 1. The molecule has 0 atom stereocenters. The van der Waals surface area contributed by atoms with Crippen LogP contribution in [0, 0.1) is 0 Å². The van der Waals surface area contributed by atoms with Gasteiger partial charge < -0.3 is 10.1 Å². The SMILES string of the molecule is C=C(C)/C(=C\C=C/C)OC(=C)c1ccccc1NC(=O)c1ccn(CC)n1.CC.CC. The van der Waals surface area contributed by atoms with Crippen LogP contribution in [0.3, 0.4) is 0 Å². The number of hydrogen-bond donors (Lipinski definition) is 1. The molecule has 1 aromatic carbocycles. The fourth-order valence-electron chi connectivity index (χ4n) is 2.32. The van der Waals surface area contributed by atoms with Crippen LogP contribution in [0.25, 0.3) is 5.76 Å². The Morgan fingerprint density at radius 2 is 1.81 bits per heavy atom. The number of aryl methyl sites for hydroxylation is 1. The largest absolute Gasteiger partial charge is 0.457 e. The number of nitrogens with zero attached hydrogens (tertiary/aromatic N) is 2. The minimum absolute atomic E-state index is 0.285. The molecular formula is C26H37N3O2. The van der Waals surface area contributed by atoms with Crippen LogP contribution < -0.4 is 5.32 Å². The number of para-hydroxylation sites is 1. The van der Waals surface area contributed by atoms with Crippen molar-refractivity contribution >= 4 is 17.4 Å².